The van der Waals surface area contributed by atoms with Gasteiger partial charge in [-0.2, -0.15) is 0 Å². The molecule has 30 heavy (non-hydrogen) atoms. The lowest BCUT2D eigenvalue weighted by atomic mass is 9.92. The molecule has 0 bridgehead atoms. The number of anilines is 1. The molecule has 1 saturated heterocycles. The van der Waals surface area contributed by atoms with Crippen LogP contribution in [0, 0.1) is 0 Å². The highest BCUT2D eigenvalue weighted by atomic mass is 16.5. The highest BCUT2D eigenvalue weighted by molar-refractivity contribution is 6.10. The van der Waals surface area contributed by atoms with Crippen molar-refractivity contribution in [3.8, 4) is 5.75 Å². The summed E-state index contributed by atoms with van der Waals surface area (Å²) in [5, 5.41) is 5.24. The summed E-state index contributed by atoms with van der Waals surface area (Å²) in [6.45, 7) is 3.52. The first kappa shape index (κ1) is 20.8. The molecule has 0 saturated carbocycles. The summed E-state index contributed by atoms with van der Waals surface area (Å²) in [7, 11) is 0. The quantitative estimate of drug-likeness (QED) is 0.597. The van der Waals surface area contributed by atoms with Gasteiger partial charge in [-0.1, -0.05) is 12.1 Å². The molecule has 2 aromatic carbocycles. The zero-order valence-corrected chi connectivity index (χ0v) is 16.6. The van der Waals surface area contributed by atoms with Crippen molar-refractivity contribution < 1.29 is 23.9 Å². The van der Waals surface area contributed by atoms with Gasteiger partial charge in [0.2, 0.25) is 11.8 Å². The number of carbonyl (C=O) groups is 4. The van der Waals surface area contributed by atoms with E-state index in [9.17, 15) is 19.2 Å². The number of urea groups is 1. The molecule has 3 rings (SSSR count). The van der Waals surface area contributed by atoms with E-state index in [1.54, 1.807) is 31.2 Å². The molecule has 4 N–H and O–H groups in total. The number of nitrogens with zero attached hydrogens (tertiary/aromatic N) is 1. The second-order valence-corrected chi connectivity index (χ2v) is 6.89. The summed E-state index contributed by atoms with van der Waals surface area (Å²) in [6, 6.07) is 12.1. The first-order valence-electron chi connectivity index (χ1n) is 9.31. The van der Waals surface area contributed by atoms with Crippen LogP contribution in [0.5, 0.6) is 5.75 Å². The van der Waals surface area contributed by atoms with Gasteiger partial charge in [0.15, 0.2) is 0 Å². The van der Waals surface area contributed by atoms with E-state index in [0.717, 1.165) is 4.90 Å². The Kier molecular flexibility index (Phi) is 5.72. The molecule has 1 aliphatic rings. The Morgan fingerprint density at radius 2 is 1.73 bits per heavy atom. The van der Waals surface area contributed by atoms with Crippen molar-refractivity contribution in [2.24, 2.45) is 5.73 Å². The molecule has 1 aliphatic heterocycles. The minimum Gasteiger partial charge on any atom is -0.494 e. The predicted octanol–water partition coefficient (Wildman–Crippen LogP) is 1.59. The highest BCUT2D eigenvalue weighted by Crippen LogP contribution is 2.30. The lowest BCUT2D eigenvalue weighted by Gasteiger charge is -2.22. The van der Waals surface area contributed by atoms with Crippen LogP contribution in [0.25, 0.3) is 0 Å². The largest absolute Gasteiger partial charge is 0.494 e. The predicted molar refractivity (Wildman–Crippen MR) is 109 cm³/mol. The van der Waals surface area contributed by atoms with E-state index in [2.05, 4.69) is 10.6 Å². The highest BCUT2D eigenvalue weighted by Gasteiger charge is 2.49. The second-order valence-electron chi connectivity index (χ2n) is 6.89. The zero-order valence-electron chi connectivity index (χ0n) is 16.6. The standard InChI is InChI=1S/C21H22N4O5/c1-3-30-16-10-6-14(7-11-16)21(2)19(28)25(20(29)24-21)12-17(26)23-15-8-4-13(5-9-15)18(22)27/h4-11H,3,12H2,1-2H3,(H2,22,27)(H,23,26)(H,24,29)/t21-/m1/s1. The molecule has 0 aliphatic carbocycles. The molecule has 1 atom stereocenters. The molecule has 0 unspecified atom stereocenters. The fourth-order valence-corrected chi connectivity index (χ4v) is 3.15. The van der Waals surface area contributed by atoms with E-state index < -0.39 is 35.8 Å². The number of carbonyl (C=O) groups excluding carboxylic acids is 4. The van der Waals surface area contributed by atoms with Gasteiger partial charge in [0, 0.05) is 11.3 Å². The Morgan fingerprint density at radius 3 is 2.30 bits per heavy atom. The molecular weight excluding hydrogens is 388 g/mol. The Bertz CT molecular complexity index is 987. The SMILES string of the molecule is CCOc1ccc([C@@]2(C)NC(=O)N(CC(=O)Nc3ccc(C(N)=O)cc3)C2=O)cc1. The summed E-state index contributed by atoms with van der Waals surface area (Å²) < 4.78 is 5.39. The van der Waals surface area contributed by atoms with Crippen molar-refractivity contribution in [2.75, 3.05) is 18.5 Å². The molecule has 9 nitrogen and oxygen atoms in total. The van der Waals surface area contributed by atoms with E-state index >= 15 is 0 Å². The van der Waals surface area contributed by atoms with E-state index in [0.29, 0.717) is 29.2 Å². The van der Waals surface area contributed by atoms with Crippen molar-refractivity contribution >= 4 is 29.4 Å². The summed E-state index contributed by atoms with van der Waals surface area (Å²) >= 11 is 0. The van der Waals surface area contributed by atoms with E-state index in [1.165, 1.54) is 24.3 Å². The van der Waals surface area contributed by atoms with Gasteiger partial charge in [0.25, 0.3) is 5.91 Å². The number of imide groups is 1. The zero-order chi connectivity index (χ0) is 21.9. The van der Waals surface area contributed by atoms with Crippen LogP contribution in [0.15, 0.2) is 48.5 Å². The number of benzene rings is 2. The molecular formula is C21H22N4O5. The third-order valence-electron chi connectivity index (χ3n) is 4.77. The first-order valence-corrected chi connectivity index (χ1v) is 9.31. The number of nitrogens with two attached hydrogens (primary N) is 1. The maximum atomic E-state index is 12.9. The summed E-state index contributed by atoms with van der Waals surface area (Å²) in [5.74, 6) is -1.02. The third-order valence-corrected chi connectivity index (χ3v) is 4.77. The van der Waals surface area contributed by atoms with Crippen LogP contribution in [0.4, 0.5) is 10.5 Å². The number of primary amides is 1. The number of nitrogens with one attached hydrogen (secondary N) is 2. The Balaban J connectivity index is 1.69. The molecule has 2 aromatic rings. The van der Waals surface area contributed by atoms with Crippen LogP contribution in [0.1, 0.15) is 29.8 Å². The molecule has 0 aromatic heterocycles. The summed E-state index contributed by atoms with van der Waals surface area (Å²) in [5.41, 5.74) is 5.18. The minimum absolute atomic E-state index is 0.299. The monoisotopic (exact) mass is 410 g/mol. The number of hydrogen-bond donors (Lipinski definition) is 3. The third kappa shape index (κ3) is 4.09. The van der Waals surface area contributed by atoms with Crippen molar-refractivity contribution in [1.29, 1.82) is 0 Å². The van der Waals surface area contributed by atoms with E-state index in [1.807, 2.05) is 6.92 Å². The number of hydrogen-bond acceptors (Lipinski definition) is 5. The van der Waals surface area contributed by atoms with Crippen molar-refractivity contribution in [3.63, 3.8) is 0 Å². The number of amides is 5. The van der Waals surface area contributed by atoms with Crippen LogP contribution in [-0.2, 0) is 15.1 Å². The normalized spacial score (nSPS) is 18.1. The van der Waals surface area contributed by atoms with Crippen molar-refractivity contribution in [1.82, 2.24) is 10.2 Å². The van der Waals surface area contributed by atoms with Crippen LogP contribution in [0.2, 0.25) is 0 Å². The Morgan fingerprint density at radius 1 is 1.10 bits per heavy atom. The molecule has 0 radical (unpaired) electrons. The Hall–Kier alpha value is -3.88. The first-order chi connectivity index (χ1) is 14.2. The van der Waals surface area contributed by atoms with Crippen LogP contribution < -0.4 is 21.1 Å². The van der Waals surface area contributed by atoms with Gasteiger partial charge in [0.05, 0.1) is 6.61 Å². The fraction of sp³-hybridized carbons (Fsp3) is 0.238. The number of ether oxygens (including phenoxy) is 1. The van der Waals surface area contributed by atoms with Gasteiger partial charge in [0.1, 0.15) is 17.8 Å². The molecule has 0 spiro atoms. The van der Waals surface area contributed by atoms with Crippen molar-refractivity contribution in [2.45, 2.75) is 19.4 Å². The van der Waals surface area contributed by atoms with Crippen LogP contribution in [0.3, 0.4) is 0 Å². The van der Waals surface area contributed by atoms with Gasteiger partial charge in [-0.05, 0) is 55.8 Å². The van der Waals surface area contributed by atoms with Gasteiger partial charge in [-0.15, -0.1) is 0 Å². The molecule has 9 heteroatoms. The van der Waals surface area contributed by atoms with Gasteiger partial charge in [-0.3, -0.25) is 19.3 Å². The van der Waals surface area contributed by atoms with Gasteiger partial charge < -0.3 is 21.1 Å². The second kappa shape index (κ2) is 8.24. The van der Waals surface area contributed by atoms with Crippen LogP contribution >= 0.6 is 0 Å². The Labute approximate surface area is 173 Å². The average Bonchev–Trinajstić information content (AvgIpc) is 2.93. The van der Waals surface area contributed by atoms with E-state index in [-0.39, 0.29) is 0 Å². The molecule has 156 valence electrons. The maximum Gasteiger partial charge on any atom is 0.325 e. The average molecular weight is 410 g/mol. The molecule has 1 fully saturated rings. The minimum atomic E-state index is -1.29. The van der Waals surface area contributed by atoms with E-state index in [4.69, 9.17) is 10.5 Å². The smallest absolute Gasteiger partial charge is 0.325 e. The van der Waals surface area contributed by atoms with Crippen LogP contribution in [-0.4, -0.2) is 41.8 Å². The topological polar surface area (TPSA) is 131 Å². The molecule has 5 amide bonds. The van der Waals surface area contributed by atoms with Gasteiger partial charge >= 0.3 is 6.03 Å². The summed E-state index contributed by atoms with van der Waals surface area (Å²) in [4.78, 5) is 49.6. The fourth-order valence-electron chi connectivity index (χ4n) is 3.15. The summed E-state index contributed by atoms with van der Waals surface area (Å²) in [6.07, 6.45) is 0. The maximum absolute atomic E-state index is 12.9. The number of rotatable bonds is 7. The van der Waals surface area contributed by atoms with Crippen molar-refractivity contribution in [3.05, 3.63) is 59.7 Å². The molecule has 1 heterocycles. The lowest BCUT2D eigenvalue weighted by molar-refractivity contribution is -0.133. The lowest BCUT2D eigenvalue weighted by Crippen LogP contribution is -2.42. The van der Waals surface area contributed by atoms with Gasteiger partial charge in [-0.25, -0.2) is 4.79 Å².